The van der Waals surface area contributed by atoms with Crippen LogP contribution in [-0.2, 0) is 0 Å². The largest absolute Gasteiger partial charge is 0.504 e. The molecule has 0 spiro atoms. The minimum absolute atomic E-state index is 0. The van der Waals surface area contributed by atoms with Gasteiger partial charge in [-0.1, -0.05) is 0 Å². The molecule has 0 aromatic carbocycles. The molecule has 70 valence electrons. The smallest absolute Gasteiger partial charge is 0.236 e. The van der Waals surface area contributed by atoms with Crippen LogP contribution in [0.25, 0.3) is 0 Å². The van der Waals surface area contributed by atoms with Crippen LogP contribution < -0.4 is 11.5 Å². The number of halogens is 2. The van der Waals surface area contributed by atoms with E-state index in [1.165, 1.54) is 0 Å². The first kappa shape index (κ1) is 13.5. The molecule has 0 aliphatic heterocycles. The molecule has 0 saturated carbocycles. The van der Waals surface area contributed by atoms with Crippen molar-refractivity contribution >= 4 is 36.3 Å². The van der Waals surface area contributed by atoms with Crippen LogP contribution in [0.1, 0.15) is 0 Å². The Balaban J connectivity index is 0. The predicted octanol–water partition coefficient (Wildman–Crippen LogP) is 0.501. The van der Waals surface area contributed by atoms with Gasteiger partial charge in [0.05, 0.1) is 5.69 Å². The topological polar surface area (TPSA) is 105 Å². The van der Waals surface area contributed by atoms with Gasteiger partial charge in [0.15, 0.2) is 11.6 Å². The Kier molecular flexibility index (Phi) is 5.33. The van der Waals surface area contributed by atoms with E-state index < -0.39 is 0 Å². The van der Waals surface area contributed by atoms with Crippen molar-refractivity contribution in [2.24, 2.45) is 0 Å². The first-order valence-electron chi connectivity index (χ1n) is 2.55. The molecule has 12 heavy (non-hydrogen) atoms. The number of aromatic nitrogens is 1. The number of rotatable bonds is 0. The van der Waals surface area contributed by atoms with Crippen molar-refractivity contribution in [3.05, 3.63) is 6.07 Å². The monoisotopic (exact) mass is 213 g/mol. The molecule has 0 radical (unpaired) electrons. The van der Waals surface area contributed by atoms with E-state index in [2.05, 4.69) is 4.98 Å². The SMILES string of the molecule is Cl.Cl.Nc1cc(O)c(N)nc1O. The van der Waals surface area contributed by atoms with E-state index in [1.807, 2.05) is 0 Å². The molecule has 7 heteroatoms. The number of nitrogens with zero attached hydrogens (tertiary/aromatic N) is 1. The zero-order valence-electron chi connectivity index (χ0n) is 5.89. The van der Waals surface area contributed by atoms with Crippen molar-refractivity contribution in [2.45, 2.75) is 0 Å². The number of nitrogen functional groups attached to an aromatic ring is 2. The molecule has 0 bridgehead atoms. The van der Waals surface area contributed by atoms with Crippen molar-refractivity contribution in [3.63, 3.8) is 0 Å². The Morgan fingerprint density at radius 1 is 1.17 bits per heavy atom. The average Bonchev–Trinajstić information content (AvgIpc) is 1.84. The maximum absolute atomic E-state index is 8.85. The fraction of sp³-hybridized carbons (Fsp3) is 0. The molecule has 6 N–H and O–H groups in total. The summed E-state index contributed by atoms with van der Waals surface area (Å²) >= 11 is 0. The van der Waals surface area contributed by atoms with E-state index in [0.29, 0.717) is 0 Å². The van der Waals surface area contributed by atoms with Crippen LogP contribution in [0.15, 0.2) is 6.07 Å². The second-order valence-corrected chi connectivity index (χ2v) is 1.81. The molecule has 1 aromatic heterocycles. The van der Waals surface area contributed by atoms with Gasteiger partial charge >= 0.3 is 0 Å². The second-order valence-electron chi connectivity index (χ2n) is 1.81. The maximum atomic E-state index is 8.85. The lowest BCUT2D eigenvalue weighted by atomic mass is 10.4. The lowest BCUT2D eigenvalue weighted by Gasteiger charge is -2.00. The summed E-state index contributed by atoms with van der Waals surface area (Å²) in [7, 11) is 0. The Hall–Kier alpha value is -1.07. The van der Waals surface area contributed by atoms with E-state index in [0.717, 1.165) is 6.07 Å². The third kappa shape index (κ3) is 2.52. The van der Waals surface area contributed by atoms with E-state index in [-0.39, 0.29) is 47.9 Å². The number of aromatic hydroxyl groups is 2. The van der Waals surface area contributed by atoms with Gasteiger partial charge in [-0.2, -0.15) is 4.98 Å². The fourth-order valence-corrected chi connectivity index (χ4v) is 0.522. The highest BCUT2D eigenvalue weighted by molar-refractivity contribution is 5.85. The van der Waals surface area contributed by atoms with Gasteiger partial charge in [-0.25, -0.2) is 0 Å². The summed E-state index contributed by atoms with van der Waals surface area (Å²) in [5.74, 6) is -0.725. The van der Waals surface area contributed by atoms with Crippen molar-refractivity contribution in [1.82, 2.24) is 4.98 Å². The van der Waals surface area contributed by atoms with Gasteiger partial charge in [-0.05, 0) is 0 Å². The molecule has 1 heterocycles. The van der Waals surface area contributed by atoms with Crippen molar-refractivity contribution in [3.8, 4) is 11.6 Å². The molecule has 0 aliphatic rings. The summed E-state index contributed by atoms with van der Waals surface area (Å²) in [5, 5.41) is 17.6. The average molecular weight is 214 g/mol. The summed E-state index contributed by atoms with van der Waals surface area (Å²) in [6.45, 7) is 0. The number of anilines is 2. The van der Waals surface area contributed by atoms with Gasteiger partial charge in [-0.3, -0.25) is 0 Å². The summed E-state index contributed by atoms with van der Waals surface area (Å²) in [4.78, 5) is 3.33. The Bertz CT molecular complexity index is 219. The van der Waals surface area contributed by atoms with Crippen LogP contribution in [0.4, 0.5) is 11.5 Å². The fourth-order valence-electron chi connectivity index (χ4n) is 0.522. The summed E-state index contributed by atoms with van der Waals surface area (Å²) in [6, 6.07) is 1.14. The van der Waals surface area contributed by atoms with E-state index >= 15 is 0 Å². The Labute approximate surface area is 81.2 Å². The van der Waals surface area contributed by atoms with Crippen LogP contribution in [0.5, 0.6) is 11.6 Å². The quantitative estimate of drug-likeness (QED) is 0.503. The van der Waals surface area contributed by atoms with E-state index in [4.69, 9.17) is 21.7 Å². The molecule has 0 fully saturated rings. The zero-order valence-corrected chi connectivity index (χ0v) is 7.52. The van der Waals surface area contributed by atoms with Crippen LogP contribution in [-0.4, -0.2) is 15.2 Å². The normalized spacial score (nSPS) is 8.00. The van der Waals surface area contributed by atoms with Crippen molar-refractivity contribution in [1.29, 1.82) is 0 Å². The minimum atomic E-state index is -0.365. The molecule has 0 aliphatic carbocycles. The highest BCUT2D eigenvalue weighted by atomic mass is 35.5. The number of nitrogens with two attached hydrogens (primary N) is 2. The van der Waals surface area contributed by atoms with Gasteiger partial charge in [0.25, 0.3) is 0 Å². The zero-order chi connectivity index (χ0) is 7.72. The standard InChI is InChI=1S/C5H7N3O2.2ClH/c6-2-1-3(9)4(7)8-5(2)10;;/h1,9H,6H2,(H3,7,8,10);2*1H. The van der Waals surface area contributed by atoms with E-state index in [9.17, 15) is 0 Å². The number of pyridine rings is 1. The molecule has 1 rings (SSSR count). The highest BCUT2D eigenvalue weighted by Crippen LogP contribution is 2.26. The van der Waals surface area contributed by atoms with Gasteiger partial charge in [0, 0.05) is 6.07 Å². The van der Waals surface area contributed by atoms with Gasteiger partial charge in [0.2, 0.25) is 5.88 Å². The molecular weight excluding hydrogens is 205 g/mol. The first-order chi connectivity index (χ1) is 4.61. The van der Waals surface area contributed by atoms with Crippen LogP contribution in [0, 0.1) is 0 Å². The third-order valence-corrected chi connectivity index (χ3v) is 1.04. The van der Waals surface area contributed by atoms with Gasteiger partial charge in [0.1, 0.15) is 0 Å². The lowest BCUT2D eigenvalue weighted by molar-refractivity contribution is 0.446. The number of hydrogen-bond donors (Lipinski definition) is 4. The third-order valence-electron chi connectivity index (χ3n) is 1.04. The number of hydrogen-bond acceptors (Lipinski definition) is 5. The molecule has 5 nitrogen and oxygen atoms in total. The molecule has 0 amide bonds. The summed E-state index contributed by atoms with van der Waals surface area (Å²) in [5.41, 5.74) is 10.3. The van der Waals surface area contributed by atoms with Crippen LogP contribution in [0.2, 0.25) is 0 Å². The van der Waals surface area contributed by atoms with Crippen molar-refractivity contribution < 1.29 is 10.2 Å². The minimum Gasteiger partial charge on any atom is -0.504 e. The molecule has 0 atom stereocenters. The lowest BCUT2D eigenvalue weighted by Crippen LogP contribution is -1.94. The molecular formula is C5H9Cl2N3O2. The van der Waals surface area contributed by atoms with Gasteiger partial charge in [-0.15, -0.1) is 24.8 Å². The predicted molar refractivity (Wildman–Crippen MR) is 50.9 cm³/mol. The molecule has 1 aromatic rings. The Morgan fingerprint density at radius 2 is 1.67 bits per heavy atom. The summed E-state index contributed by atoms with van der Waals surface area (Å²) < 4.78 is 0. The Morgan fingerprint density at radius 3 is 2.08 bits per heavy atom. The molecule has 0 saturated heterocycles. The molecule has 0 unspecified atom stereocenters. The maximum Gasteiger partial charge on any atom is 0.236 e. The highest BCUT2D eigenvalue weighted by Gasteiger charge is 2.03. The van der Waals surface area contributed by atoms with Gasteiger partial charge < -0.3 is 21.7 Å². The van der Waals surface area contributed by atoms with Crippen LogP contribution >= 0.6 is 24.8 Å². The van der Waals surface area contributed by atoms with Crippen molar-refractivity contribution in [2.75, 3.05) is 11.5 Å². The van der Waals surface area contributed by atoms with Crippen LogP contribution in [0.3, 0.4) is 0 Å². The first-order valence-corrected chi connectivity index (χ1v) is 2.55. The summed E-state index contributed by atoms with van der Waals surface area (Å²) in [6.07, 6.45) is 0. The van der Waals surface area contributed by atoms with E-state index in [1.54, 1.807) is 0 Å². The second kappa shape index (κ2) is 4.74.